The van der Waals surface area contributed by atoms with Gasteiger partial charge in [0, 0.05) is 12.6 Å². The van der Waals surface area contributed by atoms with Crippen LogP contribution in [0.1, 0.15) is 28.2 Å². The van der Waals surface area contributed by atoms with Crippen LogP contribution in [0, 0.1) is 0 Å². The number of pyridine rings is 1. The summed E-state index contributed by atoms with van der Waals surface area (Å²) in [6.45, 7) is 0.0125. The van der Waals surface area contributed by atoms with Crippen molar-refractivity contribution in [1.82, 2.24) is 15.3 Å². The molecule has 1 amide bonds. The summed E-state index contributed by atoms with van der Waals surface area (Å²) < 4.78 is 51.9. The highest BCUT2D eigenvalue weighted by Gasteiger charge is 2.43. The van der Waals surface area contributed by atoms with Gasteiger partial charge in [-0.15, -0.1) is 13.2 Å². The number of ether oxygens (including phenoxy) is 2. The summed E-state index contributed by atoms with van der Waals surface area (Å²) in [5, 5.41) is 9.80. The summed E-state index contributed by atoms with van der Waals surface area (Å²) in [5.41, 5.74) is -0.119. The number of hydrogen-bond acceptors (Lipinski definition) is 7. The maximum atomic E-state index is 12.7. The van der Waals surface area contributed by atoms with Crippen LogP contribution in [-0.4, -0.2) is 40.4 Å². The van der Waals surface area contributed by atoms with Crippen LogP contribution in [0.15, 0.2) is 59.7 Å². The van der Waals surface area contributed by atoms with Crippen LogP contribution in [0.2, 0.25) is 0 Å². The van der Waals surface area contributed by atoms with Gasteiger partial charge in [0.05, 0.1) is 6.61 Å². The predicted octanol–water partition coefficient (Wildman–Crippen LogP) is 3.13. The molecule has 1 aromatic carbocycles. The lowest BCUT2D eigenvalue weighted by molar-refractivity contribution is -0.274. The van der Waals surface area contributed by atoms with Gasteiger partial charge in [0.1, 0.15) is 29.0 Å². The zero-order chi connectivity index (χ0) is 23.2. The number of rotatable bonds is 4. The largest absolute Gasteiger partial charge is 0.573 e. The Bertz CT molecular complexity index is 1060. The second-order valence-electron chi connectivity index (χ2n) is 6.36. The van der Waals surface area contributed by atoms with Gasteiger partial charge in [0.25, 0.3) is 12.4 Å². The summed E-state index contributed by atoms with van der Waals surface area (Å²) >= 11 is 0. The zero-order valence-electron chi connectivity index (χ0n) is 16.2. The van der Waals surface area contributed by atoms with Crippen LogP contribution >= 0.6 is 0 Å². The quantitative estimate of drug-likeness (QED) is 0.580. The minimum Gasteiger partial charge on any atom is -0.491 e. The van der Waals surface area contributed by atoms with E-state index in [-0.39, 0.29) is 24.5 Å². The van der Waals surface area contributed by atoms with Crippen LogP contribution < -0.4 is 14.8 Å². The molecule has 12 heteroatoms. The maximum Gasteiger partial charge on any atom is 0.573 e. The van der Waals surface area contributed by atoms with Crippen LogP contribution in [0.5, 0.6) is 11.5 Å². The molecule has 0 aliphatic carbocycles. The van der Waals surface area contributed by atoms with E-state index < -0.39 is 17.8 Å². The fourth-order valence-electron chi connectivity index (χ4n) is 3.26. The van der Waals surface area contributed by atoms with Crippen LogP contribution in [0.25, 0.3) is 0 Å². The lowest BCUT2D eigenvalue weighted by Crippen LogP contribution is -2.50. The number of benzene rings is 1. The van der Waals surface area contributed by atoms with Crippen molar-refractivity contribution in [3.8, 4) is 11.5 Å². The molecule has 0 saturated carbocycles. The van der Waals surface area contributed by atoms with E-state index in [2.05, 4.69) is 20.0 Å². The minimum atomic E-state index is -4.80. The van der Waals surface area contributed by atoms with E-state index in [0.717, 1.165) is 6.39 Å². The van der Waals surface area contributed by atoms with Crippen molar-refractivity contribution >= 4 is 12.4 Å². The second kappa shape index (κ2) is 9.37. The van der Waals surface area contributed by atoms with Gasteiger partial charge >= 0.3 is 6.36 Å². The molecule has 1 aliphatic rings. The summed E-state index contributed by atoms with van der Waals surface area (Å²) in [7, 11) is 0. The average molecular weight is 451 g/mol. The molecule has 1 aliphatic heterocycles. The number of carbonyl (C=O) groups excluding carboxylic acids is 1. The molecule has 9 nitrogen and oxygen atoms in total. The summed E-state index contributed by atoms with van der Waals surface area (Å²) in [6, 6.07) is 8.67. The highest BCUT2D eigenvalue weighted by Crippen LogP contribution is 2.41. The Hall–Kier alpha value is -4.09. The van der Waals surface area contributed by atoms with Gasteiger partial charge in [-0.2, -0.15) is 0 Å². The van der Waals surface area contributed by atoms with Crippen molar-refractivity contribution in [2.24, 2.45) is 0 Å². The summed E-state index contributed by atoms with van der Waals surface area (Å²) in [4.78, 5) is 29.3. The molecule has 0 fully saturated rings. The first kappa shape index (κ1) is 22.6. The number of carboxylic acid groups (broad SMARTS) is 1. The van der Waals surface area contributed by atoms with Crippen LogP contribution in [0.3, 0.4) is 0 Å². The fourth-order valence-corrected chi connectivity index (χ4v) is 3.26. The van der Waals surface area contributed by atoms with E-state index in [1.54, 1.807) is 18.3 Å². The Morgan fingerprint density at radius 2 is 1.94 bits per heavy atom. The van der Waals surface area contributed by atoms with Crippen LogP contribution in [0.4, 0.5) is 13.2 Å². The number of hydrogen-bond donors (Lipinski definition) is 2. The first-order chi connectivity index (χ1) is 15.3. The van der Waals surface area contributed by atoms with E-state index in [4.69, 9.17) is 19.1 Å². The number of oxazole rings is 1. The molecular formula is C20H16F3N3O6. The van der Waals surface area contributed by atoms with Gasteiger partial charge in [-0.05, 0) is 29.8 Å². The van der Waals surface area contributed by atoms with Gasteiger partial charge in [-0.25, -0.2) is 4.98 Å². The number of nitrogens with zero attached hydrogens (tertiary/aromatic N) is 2. The molecule has 3 heterocycles. The molecule has 3 aromatic rings. The molecule has 0 radical (unpaired) electrons. The number of aromatic nitrogens is 2. The fraction of sp³-hybridized carbons (Fsp3) is 0.200. The zero-order valence-corrected chi connectivity index (χ0v) is 16.2. The number of amides is 1. The summed E-state index contributed by atoms with van der Waals surface area (Å²) in [6.07, 6.45) is -0.623. The Labute approximate surface area is 178 Å². The molecule has 0 spiro atoms. The molecule has 32 heavy (non-hydrogen) atoms. The van der Waals surface area contributed by atoms with Crippen molar-refractivity contribution in [2.75, 3.05) is 6.61 Å². The summed E-state index contributed by atoms with van der Waals surface area (Å²) in [5.74, 6) is -0.421. The van der Waals surface area contributed by atoms with Crippen molar-refractivity contribution in [3.63, 3.8) is 0 Å². The Morgan fingerprint density at radius 1 is 1.22 bits per heavy atom. The molecule has 2 aromatic heterocycles. The van der Waals surface area contributed by atoms with E-state index in [1.165, 1.54) is 30.5 Å². The molecule has 4 rings (SSSR count). The third-order valence-electron chi connectivity index (χ3n) is 4.48. The van der Waals surface area contributed by atoms with Crippen LogP contribution in [-0.2, 0) is 10.3 Å². The lowest BCUT2D eigenvalue weighted by atomic mass is 9.81. The van der Waals surface area contributed by atoms with Gasteiger partial charge in [0.15, 0.2) is 12.1 Å². The molecule has 0 bridgehead atoms. The number of carbonyl (C=O) groups is 2. The Kier molecular flexibility index (Phi) is 6.61. The standard InChI is InChI=1S/C19H14F3N3O4.CH2O2/c20-19(21,22)29-13-5-3-12(4-6-13)18(25-17(26)14-10-27-11-24-14)7-9-28-15-2-1-8-23-16(15)18;2-1-3/h1-6,8,10-11H,7,9H2,(H,25,26);1H,(H,2,3)/t18-;/m0./s1. The van der Waals surface area contributed by atoms with Crippen molar-refractivity contribution in [2.45, 2.75) is 18.3 Å². The topological polar surface area (TPSA) is 124 Å². The van der Waals surface area contributed by atoms with E-state index in [9.17, 15) is 18.0 Å². The van der Waals surface area contributed by atoms with Gasteiger partial charge in [0.2, 0.25) is 0 Å². The van der Waals surface area contributed by atoms with Gasteiger partial charge in [-0.3, -0.25) is 14.6 Å². The monoisotopic (exact) mass is 451 g/mol. The first-order valence-electron chi connectivity index (χ1n) is 9.02. The van der Waals surface area contributed by atoms with E-state index in [1.807, 2.05) is 0 Å². The highest BCUT2D eigenvalue weighted by molar-refractivity contribution is 5.93. The number of fused-ring (bicyclic) bond motifs is 1. The van der Waals surface area contributed by atoms with Crippen molar-refractivity contribution < 1.29 is 41.8 Å². The molecule has 1 atom stereocenters. The first-order valence-corrected chi connectivity index (χ1v) is 9.02. The van der Waals surface area contributed by atoms with Gasteiger partial charge < -0.3 is 24.3 Å². The molecule has 2 N–H and O–H groups in total. The van der Waals surface area contributed by atoms with E-state index in [0.29, 0.717) is 23.4 Å². The number of halogens is 3. The molecule has 168 valence electrons. The van der Waals surface area contributed by atoms with Gasteiger partial charge in [-0.1, -0.05) is 12.1 Å². The Morgan fingerprint density at radius 3 is 2.56 bits per heavy atom. The van der Waals surface area contributed by atoms with Crippen molar-refractivity contribution in [1.29, 1.82) is 0 Å². The predicted molar refractivity (Wildman–Crippen MR) is 101 cm³/mol. The smallest absolute Gasteiger partial charge is 0.491 e. The number of nitrogens with one attached hydrogen (secondary N) is 1. The van der Waals surface area contributed by atoms with E-state index >= 15 is 0 Å². The van der Waals surface area contributed by atoms with Crippen molar-refractivity contribution in [3.05, 3.63) is 72.2 Å². The molecule has 0 unspecified atom stereocenters. The molecule has 0 saturated heterocycles. The highest BCUT2D eigenvalue weighted by atomic mass is 19.4. The average Bonchev–Trinajstić information content (AvgIpc) is 3.29. The number of alkyl halides is 3. The normalized spacial score (nSPS) is 17.1. The lowest BCUT2D eigenvalue weighted by Gasteiger charge is -2.38. The maximum absolute atomic E-state index is 12.7. The molecular weight excluding hydrogens is 435 g/mol. The Balaban J connectivity index is 0.000000913. The minimum absolute atomic E-state index is 0.0605. The third-order valence-corrected chi connectivity index (χ3v) is 4.48. The third kappa shape index (κ3) is 4.96. The second-order valence-corrected chi connectivity index (χ2v) is 6.36. The SMILES string of the molecule is O=C(N[C@]1(c2ccc(OC(F)(F)F)cc2)CCOc2cccnc21)c1cocn1.O=CO.